The maximum absolute atomic E-state index is 13.2. The van der Waals surface area contributed by atoms with Crippen molar-refractivity contribution in [2.75, 3.05) is 5.73 Å². The summed E-state index contributed by atoms with van der Waals surface area (Å²) in [5.41, 5.74) is 6.57. The first-order valence-electron chi connectivity index (χ1n) is 5.89. The lowest BCUT2D eigenvalue weighted by Crippen LogP contribution is -2.28. The van der Waals surface area contributed by atoms with E-state index in [0.717, 1.165) is 29.8 Å². The Labute approximate surface area is 109 Å². The Hall–Kier alpha value is -1.46. The number of nitrogens with zero attached hydrogens (tertiary/aromatic N) is 1. The normalized spacial score (nSPS) is 16.7. The molecule has 0 atom stereocenters. The molecule has 0 bridgehead atoms. The second-order valence-electron chi connectivity index (χ2n) is 4.61. The molecule has 1 saturated carbocycles. The highest BCUT2D eigenvalue weighted by molar-refractivity contribution is 7.15. The summed E-state index contributed by atoms with van der Waals surface area (Å²) in [4.78, 5) is 5.13. The average Bonchev–Trinajstić information content (AvgIpc) is 3.04. The van der Waals surface area contributed by atoms with Gasteiger partial charge in [-0.15, -0.1) is 11.3 Å². The number of nitrogens with two attached hydrogens (primary N) is 1. The summed E-state index contributed by atoms with van der Waals surface area (Å²) in [6.45, 7) is 0.728. The maximum atomic E-state index is 13.2. The quantitative estimate of drug-likeness (QED) is 0.891. The van der Waals surface area contributed by atoms with E-state index < -0.39 is 0 Å². The van der Waals surface area contributed by atoms with Gasteiger partial charge in [0.15, 0.2) is 5.13 Å². The predicted molar refractivity (Wildman–Crippen MR) is 70.7 cm³/mol. The fraction of sp³-hybridized carbons (Fsp3) is 0.308. The topological polar surface area (TPSA) is 50.9 Å². The van der Waals surface area contributed by atoms with Crippen LogP contribution in [0.5, 0.6) is 0 Å². The molecule has 0 spiro atoms. The van der Waals surface area contributed by atoms with E-state index in [1.54, 1.807) is 18.3 Å². The van der Waals surface area contributed by atoms with E-state index >= 15 is 0 Å². The summed E-state index contributed by atoms with van der Waals surface area (Å²) in [7, 11) is 0. The van der Waals surface area contributed by atoms with Crippen LogP contribution in [-0.2, 0) is 12.1 Å². The van der Waals surface area contributed by atoms with Crippen LogP contribution < -0.4 is 11.1 Å². The zero-order chi connectivity index (χ0) is 12.6. The molecule has 1 aliphatic carbocycles. The fourth-order valence-electron chi connectivity index (χ4n) is 2.14. The van der Waals surface area contributed by atoms with E-state index in [9.17, 15) is 4.39 Å². The number of nitrogen functional groups attached to an aromatic ring is 1. The van der Waals surface area contributed by atoms with Crippen molar-refractivity contribution < 1.29 is 4.39 Å². The molecular weight excluding hydrogens is 249 g/mol. The Morgan fingerprint density at radius 1 is 1.44 bits per heavy atom. The van der Waals surface area contributed by atoms with Crippen molar-refractivity contribution in [2.24, 2.45) is 0 Å². The third-order valence-electron chi connectivity index (χ3n) is 3.30. The van der Waals surface area contributed by atoms with Gasteiger partial charge >= 0.3 is 0 Å². The van der Waals surface area contributed by atoms with Crippen molar-refractivity contribution in [1.29, 1.82) is 0 Å². The number of thiazole rings is 1. The zero-order valence-corrected chi connectivity index (χ0v) is 10.6. The highest BCUT2D eigenvalue weighted by Crippen LogP contribution is 2.45. The minimum absolute atomic E-state index is 0.0547. The number of rotatable bonds is 4. The zero-order valence-electron chi connectivity index (χ0n) is 9.82. The maximum Gasteiger partial charge on any atom is 0.180 e. The Morgan fingerprint density at radius 3 is 2.89 bits per heavy atom. The lowest BCUT2D eigenvalue weighted by molar-refractivity contribution is 0.516. The van der Waals surface area contributed by atoms with E-state index in [4.69, 9.17) is 5.73 Å². The smallest absolute Gasteiger partial charge is 0.180 e. The first-order chi connectivity index (χ1) is 8.68. The van der Waals surface area contributed by atoms with Gasteiger partial charge in [0.05, 0.1) is 0 Å². The van der Waals surface area contributed by atoms with Gasteiger partial charge in [-0.25, -0.2) is 9.37 Å². The van der Waals surface area contributed by atoms with Crippen LogP contribution in [-0.4, -0.2) is 4.98 Å². The lowest BCUT2D eigenvalue weighted by atomic mass is 10.0. The minimum Gasteiger partial charge on any atom is -0.375 e. The van der Waals surface area contributed by atoms with E-state index in [2.05, 4.69) is 10.3 Å². The molecule has 2 aromatic rings. The third kappa shape index (κ3) is 2.23. The largest absolute Gasteiger partial charge is 0.375 e. The van der Waals surface area contributed by atoms with Crippen molar-refractivity contribution in [3.05, 3.63) is 46.7 Å². The summed E-state index contributed by atoms with van der Waals surface area (Å²) in [5.74, 6) is -0.178. The highest BCUT2D eigenvalue weighted by Gasteiger charge is 2.43. The summed E-state index contributed by atoms with van der Waals surface area (Å²) in [6, 6.07) is 6.83. The summed E-state index contributed by atoms with van der Waals surface area (Å²) in [5, 5.41) is 4.08. The van der Waals surface area contributed by atoms with E-state index in [1.807, 2.05) is 6.07 Å². The predicted octanol–water partition coefficient (Wildman–Crippen LogP) is 2.64. The van der Waals surface area contributed by atoms with E-state index in [1.165, 1.54) is 17.4 Å². The molecular formula is C13H14FN3S. The van der Waals surface area contributed by atoms with Gasteiger partial charge in [-0.2, -0.15) is 0 Å². The molecule has 1 heterocycles. The van der Waals surface area contributed by atoms with Crippen LogP contribution in [0.1, 0.15) is 23.3 Å². The van der Waals surface area contributed by atoms with Gasteiger partial charge in [0.1, 0.15) is 5.82 Å². The van der Waals surface area contributed by atoms with Crippen LogP contribution in [0.4, 0.5) is 9.52 Å². The lowest BCUT2D eigenvalue weighted by Gasteiger charge is -2.17. The summed E-state index contributed by atoms with van der Waals surface area (Å²) < 4.78 is 13.2. The second-order valence-corrected chi connectivity index (χ2v) is 5.76. The first-order valence-corrected chi connectivity index (χ1v) is 6.71. The SMILES string of the molecule is Nc1ncc(CNC2(c3cccc(F)c3)CC2)s1. The van der Waals surface area contributed by atoms with Gasteiger partial charge in [0, 0.05) is 23.2 Å². The molecule has 0 radical (unpaired) electrons. The molecule has 0 saturated heterocycles. The Morgan fingerprint density at radius 2 is 2.28 bits per heavy atom. The molecule has 3 nitrogen and oxygen atoms in total. The molecule has 0 amide bonds. The molecule has 1 aliphatic rings. The van der Waals surface area contributed by atoms with Crippen molar-refractivity contribution in [1.82, 2.24) is 10.3 Å². The van der Waals surface area contributed by atoms with Crippen LogP contribution in [0, 0.1) is 5.82 Å². The van der Waals surface area contributed by atoms with Crippen molar-refractivity contribution in [3.63, 3.8) is 0 Å². The van der Waals surface area contributed by atoms with Crippen LogP contribution in [0.3, 0.4) is 0 Å². The number of aromatic nitrogens is 1. The van der Waals surface area contributed by atoms with Crippen molar-refractivity contribution in [3.8, 4) is 0 Å². The third-order valence-corrected chi connectivity index (χ3v) is 4.13. The number of benzene rings is 1. The summed E-state index contributed by atoms with van der Waals surface area (Å²) in [6.07, 6.45) is 3.88. The van der Waals surface area contributed by atoms with E-state index in [0.29, 0.717) is 5.13 Å². The van der Waals surface area contributed by atoms with Gasteiger partial charge in [-0.3, -0.25) is 0 Å². The second kappa shape index (κ2) is 4.33. The molecule has 1 aromatic carbocycles. The monoisotopic (exact) mass is 263 g/mol. The average molecular weight is 263 g/mol. The number of nitrogens with one attached hydrogen (secondary N) is 1. The summed E-state index contributed by atoms with van der Waals surface area (Å²) >= 11 is 1.48. The van der Waals surface area contributed by atoms with Crippen LogP contribution in [0.15, 0.2) is 30.5 Å². The number of anilines is 1. The van der Waals surface area contributed by atoms with Crippen LogP contribution >= 0.6 is 11.3 Å². The minimum atomic E-state index is -0.178. The number of halogens is 1. The van der Waals surface area contributed by atoms with Crippen molar-refractivity contribution >= 4 is 16.5 Å². The molecule has 0 aliphatic heterocycles. The molecule has 5 heteroatoms. The number of hydrogen-bond donors (Lipinski definition) is 2. The standard InChI is InChI=1S/C13H14FN3S/c14-10-3-1-2-9(6-10)13(4-5-13)17-8-11-7-16-12(15)18-11/h1-3,6-7,17H,4-5,8H2,(H2,15,16). The molecule has 18 heavy (non-hydrogen) atoms. The Bertz CT molecular complexity index is 563. The van der Waals surface area contributed by atoms with Gasteiger partial charge in [0.2, 0.25) is 0 Å². The van der Waals surface area contributed by atoms with Gasteiger partial charge < -0.3 is 11.1 Å². The van der Waals surface area contributed by atoms with Gasteiger partial charge in [-0.1, -0.05) is 12.1 Å². The van der Waals surface area contributed by atoms with Crippen LogP contribution in [0.2, 0.25) is 0 Å². The first kappa shape index (κ1) is 11.6. The molecule has 1 fully saturated rings. The molecule has 1 aromatic heterocycles. The Kier molecular flexibility index (Phi) is 2.80. The fourth-order valence-corrected chi connectivity index (χ4v) is 2.76. The van der Waals surface area contributed by atoms with Gasteiger partial charge in [0.25, 0.3) is 0 Å². The molecule has 3 N–H and O–H groups in total. The van der Waals surface area contributed by atoms with Gasteiger partial charge in [-0.05, 0) is 30.5 Å². The van der Waals surface area contributed by atoms with E-state index in [-0.39, 0.29) is 11.4 Å². The van der Waals surface area contributed by atoms with Crippen molar-refractivity contribution in [2.45, 2.75) is 24.9 Å². The molecule has 94 valence electrons. The molecule has 3 rings (SSSR count). The number of hydrogen-bond acceptors (Lipinski definition) is 4. The highest BCUT2D eigenvalue weighted by atomic mass is 32.1. The molecule has 0 unspecified atom stereocenters. The van der Waals surface area contributed by atoms with Crippen LogP contribution in [0.25, 0.3) is 0 Å². The Balaban J connectivity index is 1.72.